The van der Waals surface area contributed by atoms with Crippen molar-refractivity contribution >= 4 is 38.9 Å². The zero-order chi connectivity index (χ0) is 21.4. The van der Waals surface area contributed by atoms with E-state index in [2.05, 4.69) is 47.9 Å². The Balaban J connectivity index is 1.54. The fourth-order valence-electron chi connectivity index (χ4n) is 5.11. The van der Waals surface area contributed by atoms with Gasteiger partial charge in [0.05, 0.1) is 0 Å². The minimum absolute atomic E-state index is 0.294. The van der Waals surface area contributed by atoms with Crippen molar-refractivity contribution in [1.82, 2.24) is 19.5 Å². The molecule has 0 saturated heterocycles. The molecule has 2 fully saturated rings. The Bertz CT molecular complexity index is 1050. The average Bonchev–Trinajstić information content (AvgIpc) is 3.41. The molecule has 7 nitrogen and oxygen atoms in total. The number of imidazole rings is 1. The number of nitrogens with two attached hydrogens (primary N) is 2. The lowest BCUT2D eigenvalue weighted by atomic mass is 9.86. The van der Waals surface area contributed by atoms with Gasteiger partial charge in [-0.1, -0.05) is 40.9 Å². The monoisotopic (exact) mass is 483 g/mol. The maximum absolute atomic E-state index is 6.18. The topological polar surface area (TPSA) is 108 Å². The van der Waals surface area contributed by atoms with E-state index in [1.54, 1.807) is 0 Å². The van der Waals surface area contributed by atoms with Gasteiger partial charge in [0, 0.05) is 29.0 Å². The predicted molar refractivity (Wildman–Crippen MR) is 128 cm³/mol. The van der Waals surface area contributed by atoms with Crippen LogP contribution in [0.1, 0.15) is 74.7 Å². The first-order chi connectivity index (χ1) is 15.1. The average molecular weight is 484 g/mol. The van der Waals surface area contributed by atoms with Crippen LogP contribution in [0, 0.1) is 0 Å². The molecule has 2 aromatic heterocycles. The first-order valence-electron chi connectivity index (χ1n) is 11.4. The number of fused-ring (bicyclic) bond motifs is 1. The molecule has 2 saturated carbocycles. The summed E-state index contributed by atoms with van der Waals surface area (Å²) in [7, 11) is 0. The van der Waals surface area contributed by atoms with Crippen LogP contribution in [-0.4, -0.2) is 25.6 Å². The van der Waals surface area contributed by atoms with Gasteiger partial charge in [0.15, 0.2) is 17.0 Å². The highest BCUT2D eigenvalue weighted by molar-refractivity contribution is 9.10. The lowest BCUT2D eigenvalue weighted by molar-refractivity contribution is 0.367. The predicted octanol–water partition coefficient (Wildman–Crippen LogP) is 4.88. The molecule has 0 unspecified atom stereocenters. The van der Waals surface area contributed by atoms with Crippen LogP contribution < -0.4 is 16.8 Å². The molecule has 8 heteroatoms. The Kier molecular flexibility index (Phi) is 5.84. The van der Waals surface area contributed by atoms with E-state index in [1.165, 1.54) is 31.2 Å². The Hall–Kier alpha value is -2.19. The normalized spacial score (nSPS) is 22.3. The van der Waals surface area contributed by atoms with E-state index in [4.69, 9.17) is 16.5 Å². The summed E-state index contributed by atoms with van der Waals surface area (Å²) in [5.41, 5.74) is 15.2. The third kappa shape index (κ3) is 4.28. The van der Waals surface area contributed by atoms with Gasteiger partial charge in [-0.05, 0) is 56.2 Å². The van der Waals surface area contributed by atoms with E-state index >= 15 is 0 Å². The van der Waals surface area contributed by atoms with Crippen molar-refractivity contribution in [3.63, 3.8) is 0 Å². The molecule has 0 spiro atoms. The van der Waals surface area contributed by atoms with E-state index in [0.29, 0.717) is 30.5 Å². The molecule has 0 aliphatic heterocycles. The van der Waals surface area contributed by atoms with Crippen molar-refractivity contribution in [2.75, 3.05) is 11.1 Å². The Morgan fingerprint density at radius 3 is 2.39 bits per heavy atom. The molecule has 0 atom stereocenters. The molecule has 1 aromatic carbocycles. The van der Waals surface area contributed by atoms with E-state index in [-0.39, 0.29) is 0 Å². The summed E-state index contributed by atoms with van der Waals surface area (Å²) in [5.74, 6) is 2.59. The Morgan fingerprint density at radius 1 is 0.968 bits per heavy atom. The zero-order valence-electron chi connectivity index (χ0n) is 17.7. The standard InChI is InChI=1S/C23H30BrN7/c24-16-9-5-14(6-10-16)13-27-20-19-22(30-23(26)29-20)31(18-3-1-2-4-18)21(28-19)15-7-11-17(25)12-8-15/h5-6,9-10,15,17-18H,1-4,7-8,11-13,25H2,(H3,26,27,29,30). The van der Waals surface area contributed by atoms with Crippen molar-refractivity contribution in [2.45, 2.75) is 75.9 Å². The molecule has 3 aromatic rings. The highest BCUT2D eigenvalue weighted by Gasteiger charge is 2.31. The molecule has 2 aliphatic carbocycles. The number of nitrogens with one attached hydrogen (secondary N) is 1. The van der Waals surface area contributed by atoms with Crippen molar-refractivity contribution in [1.29, 1.82) is 0 Å². The maximum atomic E-state index is 6.18. The molecular weight excluding hydrogens is 454 g/mol. The van der Waals surface area contributed by atoms with E-state index in [0.717, 1.165) is 53.0 Å². The van der Waals surface area contributed by atoms with Crippen molar-refractivity contribution < 1.29 is 0 Å². The first-order valence-corrected chi connectivity index (χ1v) is 12.2. The van der Waals surface area contributed by atoms with E-state index in [9.17, 15) is 0 Å². The number of anilines is 2. The highest BCUT2D eigenvalue weighted by Crippen LogP contribution is 2.40. The maximum Gasteiger partial charge on any atom is 0.224 e. The van der Waals surface area contributed by atoms with Gasteiger partial charge in [-0.25, -0.2) is 4.98 Å². The van der Waals surface area contributed by atoms with Crippen LogP contribution in [-0.2, 0) is 6.54 Å². The van der Waals surface area contributed by atoms with Crippen molar-refractivity contribution in [3.05, 3.63) is 40.1 Å². The molecule has 2 heterocycles. The second-order valence-electron chi connectivity index (χ2n) is 8.97. The molecule has 164 valence electrons. The number of aromatic nitrogens is 4. The Labute approximate surface area is 191 Å². The fourth-order valence-corrected chi connectivity index (χ4v) is 5.37. The minimum Gasteiger partial charge on any atom is -0.368 e. The fraction of sp³-hybridized carbons (Fsp3) is 0.522. The number of benzene rings is 1. The van der Waals surface area contributed by atoms with Crippen LogP contribution in [0.25, 0.3) is 11.2 Å². The van der Waals surface area contributed by atoms with E-state index < -0.39 is 0 Å². The molecule has 31 heavy (non-hydrogen) atoms. The van der Waals surface area contributed by atoms with Gasteiger partial charge in [0.25, 0.3) is 0 Å². The summed E-state index contributed by atoms with van der Waals surface area (Å²) in [6, 6.07) is 9.03. The second-order valence-corrected chi connectivity index (χ2v) is 9.89. The third-order valence-corrected chi connectivity index (χ3v) is 7.31. The van der Waals surface area contributed by atoms with Crippen LogP contribution in [0.4, 0.5) is 11.8 Å². The zero-order valence-corrected chi connectivity index (χ0v) is 19.3. The largest absolute Gasteiger partial charge is 0.368 e. The van der Waals surface area contributed by atoms with Crippen molar-refractivity contribution in [3.8, 4) is 0 Å². The lowest BCUT2D eigenvalue weighted by Gasteiger charge is -2.27. The van der Waals surface area contributed by atoms with Crippen LogP contribution >= 0.6 is 15.9 Å². The highest BCUT2D eigenvalue weighted by atomic mass is 79.9. The van der Waals surface area contributed by atoms with Crippen LogP contribution in [0.5, 0.6) is 0 Å². The van der Waals surface area contributed by atoms with Crippen LogP contribution in [0.15, 0.2) is 28.7 Å². The summed E-state index contributed by atoms with van der Waals surface area (Å²) in [6.07, 6.45) is 9.15. The lowest BCUT2D eigenvalue weighted by Crippen LogP contribution is -2.27. The minimum atomic E-state index is 0.294. The van der Waals surface area contributed by atoms with Gasteiger partial charge in [-0.3, -0.25) is 0 Å². The summed E-state index contributed by atoms with van der Waals surface area (Å²) in [6.45, 7) is 0.655. The van der Waals surface area contributed by atoms with Gasteiger partial charge in [0.1, 0.15) is 5.82 Å². The van der Waals surface area contributed by atoms with Crippen molar-refractivity contribution in [2.24, 2.45) is 5.73 Å². The number of hydrogen-bond donors (Lipinski definition) is 3. The summed E-state index contributed by atoms with van der Waals surface area (Å²) in [5, 5.41) is 3.46. The third-order valence-electron chi connectivity index (χ3n) is 6.78. The van der Waals surface area contributed by atoms with Gasteiger partial charge < -0.3 is 21.4 Å². The number of halogens is 1. The number of nitrogen functional groups attached to an aromatic ring is 1. The second kappa shape index (κ2) is 8.74. The number of hydrogen-bond acceptors (Lipinski definition) is 6. The van der Waals surface area contributed by atoms with Crippen LogP contribution in [0.2, 0.25) is 0 Å². The van der Waals surface area contributed by atoms with Gasteiger partial charge in [-0.15, -0.1) is 0 Å². The Morgan fingerprint density at radius 2 is 1.68 bits per heavy atom. The number of nitrogens with zero attached hydrogens (tertiary/aromatic N) is 4. The molecule has 5 rings (SSSR count). The summed E-state index contributed by atoms with van der Waals surface area (Å²) in [4.78, 5) is 14.3. The summed E-state index contributed by atoms with van der Waals surface area (Å²) < 4.78 is 3.46. The molecule has 0 radical (unpaired) electrons. The molecule has 2 aliphatic rings. The number of rotatable bonds is 5. The molecule has 5 N–H and O–H groups in total. The molecular formula is C23H30BrN7. The van der Waals surface area contributed by atoms with Gasteiger partial charge in [-0.2, -0.15) is 9.97 Å². The summed E-state index contributed by atoms with van der Waals surface area (Å²) >= 11 is 3.49. The van der Waals surface area contributed by atoms with Gasteiger partial charge in [0.2, 0.25) is 5.95 Å². The van der Waals surface area contributed by atoms with E-state index in [1.807, 2.05) is 12.1 Å². The smallest absolute Gasteiger partial charge is 0.224 e. The SMILES string of the molecule is Nc1nc(NCc2ccc(Br)cc2)c2nc(C3CCC(N)CC3)n(C3CCCC3)c2n1. The van der Waals surface area contributed by atoms with Crippen LogP contribution in [0.3, 0.4) is 0 Å². The first kappa shape index (κ1) is 20.7. The van der Waals surface area contributed by atoms with Gasteiger partial charge >= 0.3 is 0 Å². The molecule has 0 bridgehead atoms. The quantitative estimate of drug-likeness (QED) is 0.476. The molecule has 0 amide bonds.